The number of rotatable bonds is 5. The zero-order chi connectivity index (χ0) is 10.4. The van der Waals surface area contributed by atoms with Crippen LogP contribution in [-0.2, 0) is 4.74 Å². The van der Waals surface area contributed by atoms with Crippen LogP contribution in [0.15, 0.2) is 23.8 Å². The van der Waals surface area contributed by atoms with E-state index in [1.54, 1.807) is 0 Å². The third-order valence-corrected chi connectivity index (χ3v) is 2.98. The van der Waals surface area contributed by atoms with Gasteiger partial charge in [0, 0.05) is 18.4 Å². The largest absolute Gasteiger partial charge is 0.371 e. The van der Waals surface area contributed by atoms with Crippen LogP contribution >= 0.6 is 15.9 Å². The van der Waals surface area contributed by atoms with Gasteiger partial charge in [-0.3, -0.25) is 0 Å². The SMILES string of the molecule is CC1=CC=CC(C)(OCCCCBr)C1. The van der Waals surface area contributed by atoms with Gasteiger partial charge in [-0.2, -0.15) is 0 Å². The Hall–Kier alpha value is -0.0800. The van der Waals surface area contributed by atoms with Crippen molar-refractivity contribution in [2.45, 2.75) is 38.7 Å². The fraction of sp³-hybridized carbons (Fsp3) is 0.667. The minimum atomic E-state index is -0.0643. The Labute approximate surface area is 95.3 Å². The van der Waals surface area contributed by atoms with Crippen LogP contribution in [0.4, 0.5) is 0 Å². The minimum absolute atomic E-state index is 0.0643. The van der Waals surface area contributed by atoms with Crippen molar-refractivity contribution < 1.29 is 4.74 Å². The molecular weight excluding hydrogens is 240 g/mol. The fourth-order valence-corrected chi connectivity index (χ4v) is 2.08. The van der Waals surface area contributed by atoms with Crippen molar-refractivity contribution in [3.63, 3.8) is 0 Å². The lowest BCUT2D eigenvalue weighted by Crippen LogP contribution is -2.28. The van der Waals surface area contributed by atoms with Crippen LogP contribution in [0.2, 0.25) is 0 Å². The first-order valence-electron chi connectivity index (χ1n) is 5.21. The van der Waals surface area contributed by atoms with Crippen LogP contribution in [0, 0.1) is 0 Å². The summed E-state index contributed by atoms with van der Waals surface area (Å²) in [5, 5.41) is 1.07. The molecule has 0 aromatic rings. The molecule has 1 aliphatic rings. The molecule has 1 unspecified atom stereocenters. The first kappa shape index (κ1) is 12.0. The first-order chi connectivity index (χ1) is 6.66. The maximum atomic E-state index is 5.89. The highest BCUT2D eigenvalue weighted by Crippen LogP contribution is 2.26. The molecule has 0 radical (unpaired) electrons. The van der Waals surface area contributed by atoms with Crippen LogP contribution in [0.25, 0.3) is 0 Å². The van der Waals surface area contributed by atoms with E-state index in [1.165, 1.54) is 12.0 Å². The minimum Gasteiger partial charge on any atom is -0.371 e. The highest BCUT2D eigenvalue weighted by molar-refractivity contribution is 9.09. The van der Waals surface area contributed by atoms with Gasteiger partial charge in [0.1, 0.15) is 0 Å². The Morgan fingerprint density at radius 3 is 2.93 bits per heavy atom. The molecule has 0 aliphatic heterocycles. The van der Waals surface area contributed by atoms with Crippen molar-refractivity contribution in [2.24, 2.45) is 0 Å². The number of alkyl halides is 1. The molecule has 0 aromatic carbocycles. The number of hydrogen-bond donors (Lipinski definition) is 0. The molecule has 0 bridgehead atoms. The van der Waals surface area contributed by atoms with E-state index in [0.29, 0.717) is 0 Å². The second-order valence-corrected chi connectivity index (χ2v) is 4.90. The normalized spacial score (nSPS) is 26.4. The zero-order valence-corrected chi connectivity index (χ0v) is 10.6. The van der Waals surface area contributed by atoms with Crippen molar-refractivity contribution >= 4 is 15.9 Å². The van der Waals surface area contributed by atoms with Crippen molar-refractivity contribution in [1.82, 2.24) is 0 Å². The summed E-state index contributed by atoms with van der Waals surface area (Å²) < 4.78 is 5.89. The molecule has 0 aromatic heterocycles. The summed E-state index contributed by atoms with van der Waals surface area (Å²) in [5.74, 6) is 0. The summed E-state index contributed by atoms with van der Waals surface area (Å²) in [6.45, 7) is 5.18. The quantitative estimate of drug-likeness (QED) is 0.538. The Kier molecular flexibility index (Phi) is 4.90. The van der Waals surface area contributed by atoms with Crippen LogP contribution in [0.3, 0.4) is 0 Å². The second-order valence-electron chi connectivity index (χ2n) is 4.11. The average Bonchev–Trinajstić information content (AvgIpc) is 2.12. The van der Waals surface area contributed by atoms with Gasteiger partial charge in [-0.1, -0.05) is 39.7 Å². The van der Waals surface area contributed by atoms with Crippen molar-refractivity contribution in [3.05, 3.63) is 23.8 Å². The van der Waals surface area contributed by atoms with Crippen molar-refractivity contribution in [1.29, 1.82) is 0 Å². The molecule has 0 heterocycles. The standard InChI is InChI=1S/C12H19BrO/c1-11-6-5-7-12(2,10-11)14-9-4-3-8-13/h5-7H,3-4,8-10H2,1-2H3. The van der Waals surface area contributed by atoms with Gasteiger partial charge in [-0.15, -0.1) is 0 Å². The molecule has 0 N–H and O–H groups in total. The van der Waals surface area contributed by atoms with E-state index in [9.17, 15) is 0 Å². The second kappa shape index (κ2) is 5.72. The third kappa shape index (κ3) is 3.97. The van der Waals surface area contributed by atoms with Gasteiger partial charge in [0.15, 0.2) is 0 Å². The number of hydrogen-bond acceptors (Lipinski definition) is 1. The monoisotopic (exact) mass is 258 g/mol. The van der Waals surface area contributed by atoms with Crippen LogP contribution < -0.4 is 0 Å². The average molecular weight is 259 g/mol. The number of ether oxygens (including phenoxy) is 1. The van der Waals surface area contributed by atoms with E-state index in [-0.39, 0.29) is 5.60 Å². The van der Waals surface area contributed by atoms with E-state index < -0.39 is 0 Å². The topological polar surface area (TPSA) is 9.23 Å². The maximum absolute atomic E-state index is 5.89. The van der Waals surface area contributed by atoms with Gasteiger partial charge in [0.25, 0.3) is 0 Å². The summed E-state index contributed by atoms with van der Waals surface area (Å²) >= 11 is 3.42. The highest BCUT2D eigenvalue weighted by atomic mass is 79.9. The lowest BCUT2D eigenvalue weighted by atomic mass is 9.92. The first-order valence-corrected chi connectivity index (χ1v) is 6.33. The molecule has 1 rings (SSSR count). The van der Waals surface area contributed by atoms with Gasteiger partial charge in [0.2, 0.25) is 0 Å². The smallest absolute Gasteiger partial charge is 0.0874 e. The molecule has 1 nitrogen and oxygen atoms in total. The predicted molar refractivity (Wildman–Crippen MR) is 64.9 cm³/mol. The van der Waals surface area contributed by atoms with Gasteiger partial charge in [0.05, 0.1) is 5.60 Å². The summed E-state index contributed by atoms with van der Waals surface area (Å²) in [6.07, 6.45) is 9.77. The molecule has 0 spiro atoms. The Morgan fingerprint density at radius 1 is 1.50 bits per heavy atom. The van der Waals surface area contributed by atoms with E-state index in [1.807, 2.05) is 0 Å². The Balaban J connectivity index is 2.29. The summed E-state index contributed by atoms with van der Waals surface area (Å²) in [4.78, 5) is 0. The Bertz CT molecular complexity index is 232. The molecule has 0 saturated heterocycles. The molecule has 0 amide bonds. The highest BCUT2D eigenvalue weighted by Gasteiger charge is 2.23. The van der Waals surface area contributed by atoms with Gasteiger partial charge < -0.3 is 4.74 Å². The molecule has 2 heteroatoms. The summed E-state index contributed by atoms with van der Waals surface area (Å²) in [6, 6.07) is 0. The van der Waals surface area contributed by atoms with Crippen molar-refractivity contribution in [3.8, 4) is 0 Å². The molecule has 0 saturated carbocycles. The maximum Gasteiger partial charge on any atom is 0.0874 e. The van der Waals surface area contributed by atoms with E-state index in [0.717, 1.165) is 24.8 Å². The molecule has 14 heavy (non-hydrogen) atoms. The number of unbranched alkanes of at least 4 members (excludes halogenated alkanes) is 1. The molecule has 1 aliphatic carbocycles. The summed E-state index contributed by atoms with van der Waals surface area (Å²) in [7, 11) is 0. The van der Waals surface area contributed by atoms with E-state index >= 15 is 0 Å². The van der Waals surface area contributed by atoms with E-state index in [4.69, 9.17) is 4.74 Å². The van der Waals surface area contributed by atoms with Crippen molar-refractivity contribution in [2.75, 3.05) is 11.9 Å². The Morgan fingerprint density at radius 2 is 2.29 bits per heavy atom. The number of allylic oxidation sites excluding steroid dienone is 2. The molecular formula is C12H19BrO. The van der Waals surface area contributed by atoms with Crippen LogP contribution in [-0.4, -0.2) is 17.5 Å². The van der Waals surface area contributed by atoms with Gasteiger partial charge in [-0.05, 0) is 26.7 Å². The lowest BCUT2D eigenvalue weighted by Gasteiger charge is -2.29. The molecule has 0 fully saturated rings. The number of halogens is 1. The van der Waals surface area contributed by atoms with Gasteiger partial charge in [-0.25, -0.2) is 0 Å². The van der Waals surface area contributed by atoms with Gasteiger partial charge >= 0.3 is 0 Å². The van der Waals surface area contributed by atoms with E-state index in [2.05, 4.69) is 48.0 Å². The molecule has 1 atom stereocenters. The molecule has 80 valence electrons. The fourth-order valence-electron chi connectivity index (χ4n) is 1.69. The lowest BCUT2D eigenvalue weighted by molar-refractivity contribution is 0.00371. The van der Waals surface area contributed by atoms with Crippen LogP contribution in [0.1, 0.15) is 33.1 Å². The zero-order valence-electron chi connectivity index (χ0n) is 9.05. The third-order valence-electron chi connectivity index (χ3n) is 2.42. The van der Waals surface area contributed by atoms with Crippen LogP contribution in [0.5, 0.6) is 0 Å². The summed E-state index contributed by atoms with van der Waals surface area (Å²) in [5.41, 5.74) is 1.33. The predicted octanol–water partition coefficient (Wildman–Crippen LogP) is 3.84.